The van der Waals surface area contributed by atoms with Gasteiger partial charge in [-0.15, -0.1) is 11.3 Å². The number of carbonyl (C=O) groups excluding carboxylic acids is 1. The number of aromatic nitrogens is 3. The van der Waals surface area contributed by atoms with Crippen LogP contribution in [0.3, 0.4) is 0 Å². The number of morpholine rings is 1. The smallest absolute Gasteiger partial charge is 0.228 e. The molecule has 0 radical (unpaired) electrons. The quantitative estimate of drug-likeness (QED) is 0.833. The van der Waals surface area contributed by atoms with Crippen molar-refractivity contribution in [2.45, 2.75) is 32.3 Å². The van der Waals surface area contributed by atoms with E-state index in [1.165, 1.54) is 0 Å². The average molecular weight is 332 g/mol. The molecule has 0 bridgehead atoms. The summed E-state index contributed by atoms with van der Waals surface area (Å²) in [5.41, 5.74) is 1.87. The third-order valence-corrected chi connectivity index (χ3v) is 4.68. The summed E-state index contributed by atoms with van der Waals surface area (Å²) in [5.74, 6) is 0.130. The van der Waals surface area contributed by atoms with E-state index in [0.717, 1.165) is 29.2 Å². The van der Waals surface area contributed by atoms with Crippen molar-refractivity contribution < 1.29 is 9.53 Å². The number of hydrogen-bond donors (Lipinski definition) is 0. The van der Waals surface area contributed by atoms with E-state index < -0.39 is 0 Å². The van der Waals surface area contributed by atoms with Crippen molar-refractivity contribution in [1.29, 1.82) is 0 Å². The Bertz CT molecular complexity index is 647. The van der Waals surface area contributed by atoms with Crippen LogP contribution in [0.1, 0.15) is 22.8 Å². The molecule has 0 aliphatic carbocycles. The Hall–Kier alpha value is -1.86. The molecule has 23 heavy (non-hydrogen) atoms. The van der Waals surface area contributed by atoms with Crippen molar-refractivity contribution >= 4 is 17.2 Å². The zero-order valence-electron chi connectivity index (χ0n) is 13.1. The van der Waals surface area contributed by atoms with Crippen LogP contribution in [0, 0.1) is 6.92 Å². The van der Waals surface area contributed by atoms with Crippen molar-refractivity contribution in [2.75, 3.05) is 19.7 Å². The summed E-state index contributed by atoms with van der Waals surface area (Å²) in [5, 5.41) is 2.96. The molecule has 1 aliphatic heterocycles. The van der Waals surface area contributed by atoms with Crippen LogP contribution in [0.5, 0.6) is 0 Å². The topological polar surface area (TPSA) is 68.2 Å². The maximum atomic E-state index is 12.4. The van der Waals surface area contributed by atoms with Crippen LogP contribution < -0.4 is 0 Å². The molecule has 0 saturated carbocycles. The van der Waals surface area contributed by atoms with Crippen LogP contribution in [0.15, 0.2) is 24.0 Å². The SMILES string of the molecule is Cc1nc(CC(=O)N2CCOC(CCc3ccncn3)C2)cs1. The number of rotatable bonds is 5. The second-order valence-corrected chi connectivity index (χ2v) is 6.67. The third kappa shape index (κ3) is 4.56. The number of aryl methyl sites for hydroxylation is 2. The van der Waals surface area contributed by atoms with Gasteiger partial charge in [0.1, 0.15) is 6.33 Å². The fourth-order valence-corrected chi connectivity index (χ4v) is 3.26. The molecule has 1 unspecified atom stereocenters. The number of thiazole rings is 1. The number of hydrogen-bond acceptors (Lipinski definition) is 6. The van der Waals surface area contributed by atoms with Crippen LogP contribution in [-0.4, -0.2) is 51.6 Å². The predicted molar refractivity (Wildman–Crippen MR) is 87.2 cm³/mol. The molecule has 0 N–H and O–H groups in total. The highest BCUT2D eigenvalue weighted by Crippen LogP contribution is 2.14. The first-order valence-electron chi connectivity index (χ1n) is 7.76. The van der Waals surface area contributed by atoms with Crippen LogP contribution >= 0.6 is 11.3 Å². The van der Waals surface area contributed by atoms with E-state index in [2.05, 4.69) is 15.0 Å². The van der Waals surface area contributed by atoms with Gasteiger partial charge in [0.25, 0.3) is 0 Å². The van der Waals surface area contributed by atoms with Gasteiger partial charge in [-0.1, -0.05) is 0 Å². The van der Waals surface area contributed by atoms with Crippen molar-refractivity contribution in [3.8, 4) is 0 Å². The molecule has 1 saturated heterocycles. The highest BCUT2D eigenvalue weighted by molar-refractivity contribution is 7.09. The molecular weight excluding hydrogens is 312 g/mol. The highest BCUT2D eigenvalue weighted by Gasteiger charge is 2.24. The summed E-state index contributed by atoms with van der Waals surface area (Å²) in [4.78, 5) is 26.8. The second kappa shape index (κ2) is 7.61. The van der Waals surface area contributed by atoms with E-state index in [-0.39, 0.29) is 12.0 Å². The molecule has 3 rings (SSSR count). The standard InChI is InChI=1S/C16H20N4O2S/c1-12-19-14(10-23-12)8-16(21)20-6-7-22-15(9-20)3-2-13-4-5-17-11-18-13/h4-5,10-11,15H,2-3,6-9H2,1H3. The van der Waals surface area contributed by atoms with Crippen molar-refractivity contribution in [1.82, 2.24) is 19.9 Å². The van der Waals surface area contributed by atoms with Crippen molar-refractivity contribution in [3.05, 3.63) is 40.4 Å². The van der Waals surface area contributed by atoms with Gasteiger partial charge in [0.15, 0.2) is 0 Å². The van der Waals surface area contributed by atoms with Crippen molar-refractivity contribution in [2.24, 2.45) is 0 Å². The lowest BCUT2D eigenvalue weighted by Crippen LogP contribution is -2.46. The number of ether oxygens (including phenoxy) is 1. The zero-order valence-corrected chi connectivity index (χ0v) is 14.0. The summed E-state index contributed by atoms with van der Waals surface area (Å²) in [6.07, 6.45) is 5.44. The number of carbonyl (C=O) groups is 1. The average Bonchev–Trinajstić information content (AvgIpc) is 2.99. The third-order valence-electron chi connectivity index (χ3n) is 3.86. The van der Waals surface area contributed by atoms with Crippen LogP contribution in [0.25, 0.3) is 0 Å². The molecular formula is C16H20N4O2S. The van der Waals surface area contributed by atoms with Gasteiger partial charge >= 0.3 is 0 Å². The summed E-state index contributed by atoms with van der Waals surface area (Å²) in [6, 6.07) is 1.91. The summed E-state index contributed by atoms with van der Waals surface area (Å²) in [7, 11) is 0. The van der Waals surface area contributed by atoms with E-state index in [0.29, 0.717) is 26.1 Å². The molecule has 1 amide bonds. The number of amides is 1. The Morgan fingerprint density at radius 3 is 3.13 bits per heavy atom. The van der Waals surface area contributed by atoms with Gasteiger partial charge in [0, 0.05) is 30.4 Å². The van der Waals surface area contributed by atoms with Gasteiger partial charge in [0.05, 0.1) is 29.8 Å². The van der Waals surface area contributed by atoms with E-state index in [4.69, 9.17) is 4.74 Å². The van der Waals surface area contributed by atoms with E-state index in [1.54, 1.807) is 23.9 Å². The Morgan fingerprint density at radius 2 is 2.39 bits per heavy atom. The van der Waals surface area contributed by atoms with Crippen LogP contribution in [-0.2, 0) is 22.4 Å². The Labute approximate surface area is 139 Å². The van der Waals surface area contributed by atoms with Gasteiger partial charge in [-0.2, -0.15) is 0 Å². The molecule has 7 heteroatoms. The molecule has 1 fully saturated rings. The summed E-state index contributed by atoms with van der Waals surface area (Å²) in [6.45, 7) is 3.85. The normalized spacial score (nSPS) is 18.1. The zero-order chi connectivity index (χ0) is 16.1. The first-order valence-corrected chi connectivity index (χ1v) is 8.64. The molecule has 1 aliphatic rings. The van der Waals surface area contributed by atoms with Gasteiger partial charge in [-0.3, -0.25) is 4.79 Å². The maximum Gasteiger partial charge on any atom is 0.228 e. The maximum absolute atomic E-state index is 12.4. The largest absolute Gasteiger partial charge is 0.375 e. The molecule has 1 atom stereocenters. The minimum absolute atomic E-state index is 0.0693. The fourth-order valence-electron chi connectivity index (χ4n) is 2.65. The van der Waals surface area contributed by atoms with Crippen molar-refractivity contribution in [3.63, 3.8) is 0 Å². The molecule has 2 aromatic rings. The second-order valence-electron chi connectivity index (χ2n) is 5.61. The van der Waals surface area contributed by atoms with Gasteiger partial charge in [-0.05, 0) is 25.8 Å². The first kappa shape index (κ1) is 16.0. The van der Waals surface area contributed by atoms with Gasteiger partial charge in [-0.25, -0.2) is 15.0 Å². The molecule has 2 aromatic heterocycles. The molecule has 122 valence electrons. The van der Waals surface area contributed by atoms with E-state index in [1.807, 2.05) is 23.3 Å². The molecule has 0 spiro atoms. The fraction of sp³-hybridized carbons (Fsp3) is 0.500. The van der Waals surface area contributed by atoms with Gasteiger partial charge < -0.3 is 9.64 Å². The molecule has 3 heterocycles. The molecule has 0 aromatic carbocycles. The van der Waals surface area contributed by atoms with E-state index >= 15 is 0 Å². The lowest BCUT2D eigenvalue weighted by atomic mass is 10.1. The first-order chi connectivity index (χ1) is 11.2. The summed E-state index contributed by atoms with van der Waals surface area (Å²) >= 11 is 1.58. The van der Waals surface area contributed by atoms with Crippen LogP contribution in [0.4, 0.5) is 0 Å². The number of nitrogens with zero attached hydrogens (tertiary/aromatic N) is 4. The lowest BCUT2D eigenvalue weighted by Gasteiger charge is -2.33. The predicted octanol–water partition coefficient (Wildman–Crippen LogP) is 1.64. The Morgan fingerprint density at radius 1 is 1.48 bits per heavy atom. The monoisotopic (exact) mass is 332 g/mol. The van der Waals surface area contributed by atoms with E-state index in [9.17, 15) is 4.79 Å². The minimum Gasteiger partial charge on any atom is -0.375 e. The lowest BCUT2D eigenvalue weighted by molar-refractivity contribution is -0.138. The Balaban J connectivity index is 1.50. The summed E-state index contributed by atoms with van der Waals surface area (Å²) < 4.78 is 5.78. The highest BCUT2D eigenvalue weighted by atomic mass is 32.1. The van der Waals surface area contributed by atoms with Crippen LogP contribution in [0.2, 0.25) is 0 Å². The minimum atomic E-state index is 0.0693. The van der Waals surface area contributed by atoms with Gasteiger partial charge in [0.2, 0.25) is 5.91 Å². The molecule has 6 nitrogen and oxygen atoms in total. The Kier molecular flexibility index (Phi) is 5.30.